The fraction of sp³-hybridized carbons (Fsp3) is 0.536. The average Bonchev–Trinajstić information content (AvgIpc) is 2.92. The van der Waals surface area contributed by atoms with Gasteiger partial charge in [0.15, 0.2) is 0 Å². The van der Waals surface area contributed by atoms with Crippen molar-refractivity contribution in [2.45, 2.75) is 68.9 Å². The van der Waals surface area contributed by atoms with Crippen LogP contribution in [0.15, 0.2) is 41.3 Å². The molecule has 38 heavy (non-hydrogen) atoms. The molecule has 2 aromatic carbocycles. The van der Waals surface area contributed by atoms with Gasteiger partial charge < -0.3 is 19.1 Å². The molecule has 2 aliphatic rings. The monoisotopic (exact) mass is 564 g/mol. The van der Waals surface area contributed by atoms with Crippen LogP contribution in [0, 0.1) is 0 Å². The topological polar surface area (TPSA) is 85.4 Å². The highest BCUT2D eigenvalue weighted by atomic mass is 35.5. The number of hydrogen-bond donors (Lipinski definition) is 0. The molecule has 0 radical (unpaired) electrons. The lowest BCUT2D eigenvalue weighted by Gasteiger charge is -2.40. The van der Waals surface area contributed by atoms with E-state index in [0.29, 0.717) is 62.4 Å². The van der Waals surface area contributed by atoms with Crippen LogP contribution in [0.4, 0.5) is 0 Å². The van der Waals surface area contributed by atoms with E-state index in [0.717, 1.165) is 19.3 Å². The van der Waals surface area contributed by atoms with Gasteiger partial charge in [-0.3, -0.25) is 4.79 Å². The van der Waals surface area contributed by atoms with Crippen molar-refractivity contribution in [2.24, 2.45) is 0 Å². The maximum atomic E-state index is 14.3. The Morgan fingerprint density at radius 2 is 1.71 bits per heavy atom. The zero-order valence-corrected chi connectivity index (χ0v) is 23.9. The van der Waals surface area contributed by atoms with Gasteiger partial charge in [0.2, 0.25) is 10.0 Å². The van der Waals surface area contributed by atoms with Gasteiger partial charge in [-0.2, -0.15) is 4.31 Å². The number of para-hydroxylation sites is 1. The van der Waals surface area contributed by atoms with E-state index < -0.39 is 22.2 Å². The molecule has 1 heterocycles. The first-order valence-corrected chi connectivity index (χ1v) is 15.1. The van der Waals surface area contributed by atoms with Crippen molar-refractivity contribution in [2.75, 3.05) is 33.9 Å². The maximum Gasteiger partial charge on any atom is 0.257 e. The van der Waals surface area contributed by atoms with Crippen LogP contribution in [0.25, 0.3) is 0 Å². The Morgan fingerprint density at radius 1 is 1.00 bits per heavy atom. The lowest BCUT2D eigenvalue weighted by Crippen LogP contribution is -2.51. The van der Waals surface area contributed by atoms with Crippen LogP contribution in [-0.2, 0) is 10.0 Å². The van der Waals surface area contributed by atoms with E-state index in [-0.39, 0.29) is 21.6 Å². The van der Waals surface area contributed by atoms with Crippen LogP contribution < -0.4 is 14.2 Å². The fourth-order valence-corrected chi connectivity index (χ4v) is 7.59. The van der Waals surface area contributed by atoms with Crippen molar-refractivity contribution < 1.29 is 27.4 Å². The summed E-state index contributed by atoms with van der Waals surface area (Å²) in [7, 11) is -1.11. The molecule has 0 unspecified atom stereocenters. The number of halogens is 1. The Kier molecular flexibility index (Phi) is 9.44. The first kappa shape index (κ1) is 28.5. The second-order valence-corrected chi connectivity index (χ2v) is 12.0. The number of rotatable bonds is 6. The number of ether oxygens (including phenoxy) is 3. The van der Waals surface area contributed by atoms with E-state index in [2.05, 4.69) is 0 Å². The lowest BCUT2D eigenvalue weighted by molar-refractivity contribution is 0.0636. The molecule has 0 bridgehead atoms. The van der Waals surface area contributed by atoms with Crippen molar-refractivity contribution in [3.8, 4) is 17.2 Å². The minimum atomic E-state index is -4.02. The van der Waals surface area contributed by atoms with Crippen LogP contribution in [0.2, 0.25) is 5.02 Å². The van der Waals surface area contributed by atoms with E-state index in [1.54, 1.807) is 16.4 Å². The minimum Gasteiger partial charge on any atom is -0.495 e. The number of carbonyl (C=O) groups is 1. The standard InChI is InChI=1S/C28H37ClN2O6S/c1-4-15-30-16-9-10-17-31(38(33,34)27-18-21(29)25(35-2)19-26(27)36-3)22-12-6-8-14-24(22)37-23-13-7-5-11-20(23)28(30)32/h5,7,11,13,18-19,22,24H,4,6,8-10,12,14-17H2,1-3H3/t22-,24+/m1/s1. The van der Waals surface area contributed by atoms with Crippen molar-refractivity contribution >= 4 is 27.5 Å². The number of sulfonamides is 1. The molecule has 2 aromatic rings. The second kappa shape index (κ2) is 12.6. The number of fused-ring (bicyclic) bond motifs is 2. The Bertz CT molecular complexity index is 1240. The SMILES string of the molecule is CCCN1CCCCN(S(=O)(=O)c2cc(Cl)c(OC)cc2OC)[C@@H]2CCCC[C@@H]2Oc2ccccc2C1=O. The summed E-state index contributed by atoms with van der Waals surface area (Å²) in [5.74, 6) is 0.971. The third-order valence-electron chi connectivity index (χ3n) is 7.30. The summed E-state index contributed by atoms with van der Waals surface area (Å²) < 4.78 is 47.4. The van der Waals surface area contributed by atoms with E-state index >= 15 is 0 Å². The Balaban J connectivity index is 1.78. The molecule has 1 saturated carbocycles. The quantitative estimate of drug-likeness (QED) is 0.468. The highest BCUT2D eigenvalue weighted by Gasteiger charge is 2.41. The van der Waals surface area contributed by atoms with Gasteiger partial charge >= 0.3 is 0 Å². The smallest absolute Gasteiger partial charge is 0.257 e. The molecule has 4 rings (SSSR count). The normalized spacial score (nSPS) is 21.4. The zero-order valence-electron chi connectivity index (χ0n) is 22.3. The third-order valence-corrected chi connectivity index (χ3v) is 9.54. The molecule has 208 valence electrons. The number of nitrogens with zero attached hydrogens (tertiary/aromatic N) is 2. The fourth-order valence-electron chi connectivity index (χ4n) is 5.40. The van der Waals surface area contributed by atoms with Crippen LogP contribution >= 0.6 is 11.6 Å². The molecule has 1 fully saturated rings. The highest BCUT2D eigenvalue weighted by molar-refractivity contribution is 7.89. The molecule has 0 saturated heterocycles. The zero-order chi connectivity index (χ0) is 27.3. The van der Waals surface area contributed by atoms with Crippen molar-refractivity contribution in [3.05, 3.63) is 47.0 Å². The molecular weight excluding hydrogens is 528 g/mol. The van der Waals surface area contributed by atoms with Crippen molar-refractivity contribution in [1.82, 2.24) is 9.21 Å². The third kappa shape index (κ3) is 5.90. The molecule has 1 amide bonds. The number of hydrogen-bond acceptors (Lipinski definition) is 6. The predicted octanol–water partition coefficient (Wildman–Crippen LogP) is 5.38. The van der Waals surface area contributed by atoms with Crippen molar-refractivity contribution in [1.29, 1.82) is 0 Å². The number of methoxy groups -OCH3 is 2. The summed E-state index contributed by atoms with van der Waals surface area (Å²) in [6.07, 6.45) is 4.88. The van der Waals surface area contributed by atoms with Gasteiger partial charge in [0.1, 0.15) is 28.2 Å². The highest BCUT2D eigenvalue weighted by Crippen LogP contribution is 2.39. The lowest BCUT2D eigenvalue weighted by atomic mass is 9.92. The minimum absolute atomic E-state index is 0.00500. The van der Waals surface area contributed by atoms with Crippen LogP contribution in [0.5, 0.6) is 17.2 Å². The maximum absolute atomic E-state index is 14.3. The first-order chi connectivity index (χ1) is 18.3. The Morgan fingerprint density at radius 3 is 2.45 bits per heavy atom. The molecule has 1 aliphatic heterocycles. The van der Waals surface area contributed by atoms with Gasteiger partial charge in [0.05, 0.1) is 30.8 Å². The van der Waals surface area contributed by atoms with E-state index in [1.807, 2.05) is 24.0 Å². The van der Waals surface area contributed by atoms with Crippen LogP contribution in [0.3, 0.4) is 0 Å². The summed E-state index contributed by atoms with van der Waals surface area (Å²) in [5.41, 5.74) is 0.517. The summed E-state index contributed by atoms with van der Waals surface area (Å²) in [6.45, 7) is 3.51. The average molecular weight is 565 g/mol. The number of carbonyl (C=O) groups excluding carboxylic acids is 1. The van der Waals surface area contributed by atoms with Crippen LogP contribution in [-0.4, -0.2) is 69.5 Å². The molecule has 1 aliphatic carbocycles. The summed E-state index contributed by atoms with van der Waals surface area (Å²) >= 11 is 6.38. The summed E-state index contributed by atoms with van der Waals surface area (Å²) in [6, 6.07) is 9.80. The van der Waals surface area contributed by atoms with Gasteiger partial charge in [-0.25, -0.2) is 8.42 Å². The van der Waals surface area contributed by atoms with Gasteiger partial charge in [-0.15, -0.1) is 0 Å². The van der Waals surface area contributed by atoms with Gasteiger partial charge in [0, 0.05) is 25.7 Å². The summed E-state index contributed by atoms with van der Waals surface area (Å²) in [4.78, 5) is 15.3. The number of amides is 1. The molecule has 0 N–H and O–H groups in total. The second-order valence-electron chi connectivity index (χ2n) is 9.76. The van der Waals surface area contributed by atoms with E-state index in [1.165, 1.54) is 26.4 Å². The van der Waals surface area contributed by atoms with Crippen molar-refractivity contribution in [3.63, 3.8) is 0 Å². The van der Waals surface area contributed by atoms with Gasteiger partial charge in [0.25, 0.3) is 5.91 Å². The number of benzene rings is 2. The molecule has 0 spiro atoms. The molecular formula is C28H37ClN2O6S. The summed E-state index contributed by atoms with van der Waals surface area (Å²) in [5, 5.41) is 0.195. The van der Waals surface area contributed by atoms with Gasteiger partial charge in [-0.1, -0.05) is 37.1 Å². The Labute approximate surface area is 230 Å². The van der Waals surface area contributed by atoms with Gasteiger partial charge in [-0.05, 0) is 56.7 Å². The van der Waals surface area contributed by atoms with Crippen LogP contribution in [0.1, 0.15) is 62.2 Å². The largest absolute Gasteiger partial charge is 0.495 e. The predicted molar refractivity (Wildman–Crippen MR) is 147 cm³/mol. The Hall–Kier alpha value is -2.49. The van der Waals surface area contributed by atoms with E-state index in [4.69, 9.17) is 25.8 Å². The van der Waals surface area contributed by atoms with E-state index in [9.17, 15) is 13.2 Å². The molecule has 8 nitrogen and oxygen atoms in total. The molecule has 10 heteroatoms. The molecule has 0 aromatic heterocycles. The first-order valence-electron chi connectivity index (χ1n) is 13.3. The molecule has 2 atom stereocenters.